The van der Waals surface area contributed by atoms with Crippen molar-refractivity contribution in [3.63, 3.8) is 0 Å². The van der Waals surface area contributed by atoms with Gasteiger partial charge < -0.3 is 11.1 Å². The molecule has 0 bridgehead atoms. The molecule has 16 heavy (non-hydrogen) atoms. The summed E-state index contributed by atoms with van der Waals surface area (Å²) >= 11 is 0. The molecule has 1 aliphatic rings. The highest BCUT2D eigenvalue weighted by atomic mass is 14.8. The van der Waals surface area contributed by atoms with E-state index in [1.165, 1.54) is 0 Å². The number of nitrogens with two attached hydrogens (primary N) is 1. The summed E-state index contributed by atoms with van der Waals surface area (Å²) in [5.74, 6) is 0. The molecule has 1 heterocycles. The molecule has 0 aliphatic carbocycles. The average molecular weight is 211 g/mol. The Morgan fingerprint density at radius 2 is 2.25 bits per heavy atom. The van der Waals surface area contributed by atoms with Gasteiger partial charge in [-0.1, -0.05) is 6.07 Å². The SMILES string of the molecule is Cc1ccc(N)cc1C1=CNCC(C#N)=C1. The molecular weight excluding hydrogens is 198 g/mol. The monoisotopic (exact) mass is 211 g/mol. The number of benzene rings is 1. The summed E-state index contributed by atoms with van der Waals surface area (Å²) in [4.78, 5) is 0. The van der Waals surface area contributed by atoms with Crippen molar-refractivity contribution in [1.29, 1.82) is 5.26 Å². The first-order valence-corrected chi connectivity index (χ1v) is 5.11. The van der Waals surface area contributed by atoms with Crippen LogP contribution in [0, 0.1) is 18.3 Å². The summed E-state index contributed by atoms with van der Waals surface area (Å²) in [7, 11) is 0. The third-order valence-electron chi connectivity index (χ3n) is 2.60. The molecule has 3 heteroatoms. The standard InChI is InChI=1S/C13H13N3/c1-9-2-3-12(15)5-13(9)11-4-10(6-14)7-16-8-11/h2-5,8,16H,7,15H2,1H3. The van der Waals surface area contributed by atoms with Crippen LogP contribution in [0.4, 0.5) is 5.69 Å². The Hall–Kier alpha value is -2.21. The summed E-state index contributed by atoms with van der Waals surface area (Å²) < 4.78 is 0. The second-order valence-corrected chi connectivity index (χ2v) is 3.84. The number of dihydropyridines is 1. The van der Waals surface area contributed by atoms with Crippen molar-refractivity contribution in [2.24, 2.45) is 0 Å². The van der Waals surface area contributed by atoms with Gasteiger partial charge in [0, 0.05) is 24.0 Å². The van der Waals surface area contributed by atoms with E-state index in [0.29, 0.717) is 6.54 Å². The Bertz CT molecular complexity index is 518. The van der Waals surface area contributed by atoms with E-state index in [9.17, 15) is 0 Å². The van der Waals surface area contributed by atoms with Crippen molar-refractivity contribution in [1.82, 2.24) is 5.32 Å². The number of anilines is 1. The van der Waals surface area contributed by atoms with Crippen LogP contribution in [0.3, 0.4) is 0 Å². The summed E-state index contributed by atoms with van der Waals surface area (Å²) in [5, 5.41) is 12.0. The average Bonchev–Trinajstić information content (AvgIpc) is 2.32. The van der Waals surface area contributed by atoms with E-state index < -0.39 is 0 Å². The van der Waals surface area contributed by atoms with Crippen LogP contribution in [0.15, 0.2) is 36.0 Å². The fourth-order valence-electron chi connectivity index (χ4n) is 1.73. The first kappa shape index (κ1) is 10.3. The zero-order valence-electron chi connectivity index (χ0n) is 9.12. The van der Waals surface area contributed by atoms with Gasteiger partial charge in [0.1, 0.15) is 0 Å². The first-order valence-electron chi connectivity index (χ1n) is 5.11. The van der Waals surface area contributed by atoms with Crippen LogP contribution in [0.1, 0.15) is 11.1 Å². The molecule has 3 nitrogen and oxygen atoms in total. The Labute approximate surface area is 94.9 Å². The zero-order valence-corrected chi connectivity index (χ0v) is 9.12. The maximum absolute atomic E-state index is 8.87. The fourth-order valence-corrected chi connectivity index (χ4v) is 1.73. The maximum atomic E-state index is 8.87. The van der Waals surface area contributed by atoms with Crippen molar-refractivity contribution < 1.29 is 0 Å². The summed E-state index contributed by atoms with van der Waals surface area (Å²) in [5.41, 5.74) is 10.5. The fraction of sp³-hybridized carbons (Fsp3) is 0.154. The Kier molecular flexibility index (Phi) is 2.65. The Morgan fingerprint density at radius 3 is 3.00 bits per heavy atom. The van der Waals surface area contributed by atoms with E-state index in [1.54, 1.807) is 0 Å². The lowest BCUT2D eigenvalue weighted by molar-refractivity contribution is 0.947. The molecule has 0 fully saturated rings. The molecule has 0 radical (unpaired) electrons. The van der Waals surface area contributed by atoms with Crippen LogP contribution in [-0.4, -0.2) is 6.54 Å². The van der Waals surface area contributed by atoms with E-state index in [4.69, 9.17) is 11.0 Å². The first-order chi connectivity index (χ1) is 7.70. The topological polar surface area (TPSA) is 61.8 Å². The number of nitriles is 1. The zero-order chi connectivity index (χ0) is 11.5. The lowest BCUT2D eigenvalue weighted by Crippen LogP contribution is -2.14. The van der Waals surface area contributed by atoms with E-state index in [-0.39, 0.29) is 0 Å². The van der Waals surface area contributed by atoms with Gasteiger partial charge in [0.05, 0.1) is 6.07 Å². The number of hydrogen-bond donors (Lipinski definition) is 2. The minimum absolute atomic E-state index is 0.599. The smallest absolute Gasteiger partial charge is 0.0966 e. The van der Waals surface area contributed by atoms with Crippen LogP contribution in [0.2, 0.25) is 0 Å². The maximum Gasteiger partial charge on any atom is 0.0966 e. The van der Waals surface area contributed by atoms with Gasteiger partial charge in [0.25, 0.3) is 0 Å². The molecule has 0 aromatic heterocycles. The molecule has 1 aromatic rings. The predicted molar refractivity (Wildman–Crippen MR) is 65.3 cm³/mol. The number of nitrogen functional groups attached to an aromatic ring is 1. The third-order valence-corrected chi connectivity index (χ3v) is 2.60. The van der Waals surface area contributed by atoms with Gasteiger partial charge >= 0.3 is 0 Å². The molecule has 0 spiro atoms. The number of rotatable bonds is 1. The molecular formula is C13H13N3. The highest BCUT2D eigenvalue weighted by Crippen LogP contribution is 2.24. The number of nitrogens with zero attached hydrogens (tertiary/aromatic N) is 1. The molecule has 0 saturated carbocycles. The number of nitrogens with one attached hydrogen (secondary N) is 1. The second kappa shape index (κ2) is 4.11. The van der Waals surface area contributed by atoms with Crippen LogP contribution in [-0.2, 0) is 0 Å². The molecule has 1 aliphatic heterocycles. The molecule has 80 valence electrons. The largest absolute Gasteiger partial charge is 0.399 e. The Morgan fingerprint density at radius 1 is 1.44 bits per heavy atom. The van der Waals surface area contributed by atoms with Gasteiger partial charge in [0.2, 0.25) is 0 Å². The van der Waals surface area contributed by atoms with Crippen molar-refractivity contribution in [2.75, 3.05) is 12.3 Å². The van der Waals surface area contributed by atoms with E-state index in [2.05, 4.69) is 11.4 Å². The van der Waals surface area contributed by atoms with Crippen molar-refractivity contribution in [3.05, 3.63) is 47.2 Å². The minimum atomic E-state index is 0.599. The van der Waals surface area contributed by atoms with Crippen LogP contribution >= 0.6 is 0 Å². The quantitative estimate of drug-likeness (QED) is 0.698. The minimum Gasteiger partial charge on any atom is -0.399 e. The van der Waals surface area contributed by atoms with Gasteiger partial charge in [-0.25, -0.2) is 0 Å². The van der Waals surface area contributed by atoms with Gasteiger partial charge in [-0.3, -0.25) is 0 Å². The summed E-state index contributed by atoms with van der Waals surface area (Å²) in [6.45, 7) is 2.63. The molecule has 0 amide bonds. The second-order valence-electron chi connectivity index (χ2n) is 3.84. The normalized spacial score (nSPS) is 14.5. The predicted octanol–water partition coefficient (Wildman–Crippen LogP) is 1.97. The summed E-state index contributed by atoms with van der Waals surface area (Å²) in [6.07, 6.45) is 3.82. The lowest BCUT2D eigenvalue weighted by Gasteiger charge is -2.13. The summed E-state index contributed by atoms with van der Waals surface area (Å²) in [6, 6.07) is 7.96. The lowest BCUT2D eigenvalue weighted by atomic mass is 9.97. The van der Waals surface area contributed by atoms with Gasteiger partial charge in [-0.2, -0.15) is 5.26 Å². The van der Waals surface area contributed by atoms with Crippen LogP contribution in [0.25, 0.3) is 5.57 Å². The highest BCUT2D eigenvalue weighted by molar-refractivity contribution is 5.79. The van der Waals surface area contributed by atoms with Crippen molar-refractivity contribution in [2.45, 2.75) is 6.92 Å². The molecule has 2 rings (SSSR count). The molecule has 3 N–H and O–H groups in total. The van der Waals surface area contributed by atoms with E-state index >= 15 is 0 Å². The van der Waals surface area contributed by atoms with Crippen molar-refractivity contribution in [3.8, 4) is 6.07 Å². The third kappa shape index (κ3) is 1.91. The van der Waals surface area contributed by atoms with Crippen molar-refractivity contribution >= 4 is 11.3 Å². The van der Waals surface area contributed by atoms with Crippen LogP contribution in [0.5, 0.6) is 0 Å². The number of aryl methyl sites for hydroxylation is 1. The molecule has 0 atom stereocenters. The molecule has 0 saturated heterocycles. The Balaban J connectivity index is 2.46. The molecule has 0 unspecified atom stereocenters. The van der Waals surface area contributed by atoms with E-state index in [1.807, 2.05) is 37.4 Å². The van der Waals surface area contributed by atoms with E-state index in [0.717, 1.165) is 28.0 Å². The van der Waals surface area contributed by atoms with Gasteiger partial charge in [0.15, 0.2) is 0 Å². The van der Waals surface area contributed by atoms with Gasteiger partial charge in [-0.15, -0.1) is 0 Å². The van der Waals surface area contributed by atoms with Gasteiger partial charge in [-0.05, 0) is 41.8 Å². The van der Waals surface area contributed by atoms with Crippen LogP contribution < -0.4 is 11.1 Å². The number of allylic oxidation sites excluding steroid dienone is 2. The highest BCUT2D eigenvalue weighted by Gasteiger charge is 2.08. The molecule has 1 aromatic carbocycles. The number of hydrogen-bond acceptors (Lipinski definition) is 3.